The van der Waals surface area contributed by atoms with Crippen LogP contribution in [-0.4, -0.2) is 27.9 Å². The number of amides is 1. The smallest absolute Gasteiger partial charge is 0.244 e. The third kappa shape index (κ3) is 4.61. The van der Waals surface area contributed by atoms with Crippen LogP contribution in [0.1, 0.15) is 12.1 Å². The van der Waals surface area contributed by atoms with Crippen LogP contribution >= 0.6 is 11.8 Å². The van der Waals surface area contributed by atoms with Crippen LogP contribution in [0.15, 0.2) is 24.4 Å². The highest BCUT2D eigenvalue weighted by molar-refractivity contribution is 7.99. The maximum Gasteiger partial charge on any atom is 0.244 e. The van der Waals surface area contributed by atoms with E-state index in [2.05, 4.69) is 4.98 Å². The maximum absolute atomic E-state index is 10.9. The van der Waals surface area contributed by atoms with Crippen molar-refractivity contribution in [2.75, 3.05) is 6.54 Å². The second-order valence-electron chi connectivity index (χ2n) is 3.23. The predicted molar refractivity (Wildman–Crippen MR) is 62.9 cm³/mol. The molecule has 6 heteroatoms. The second-order valence-corrected chi connectivity index (χ2v) is 4.52. The van der Waals surface area contributed by atoms with Gasteiger partial charge in [0.25, 0.3) is 0 Å². The monoisotopic (exact) mass is 241 g/mol. The molecule has 0 bridgehead atoms. The minimum absolute atomic E-state index is 0.00541. The molecule has 1 amide bonds. The molecular formula is C10H15N3O2S. The van der Waals surface area contributed by atoms with Gasteiger partial charge < -0.3 is 5.73 Å². The van der Waals surface area contributed by atoms with E-state index in [4.69, 9.17) is 10.9 Å². The summed E-state index contributed by atoms with van der Waals surface area (Å²) in [4.78, 5) is 15.1. The van der Waals surface area contributed by atoms with Crippen LogP contribution in [-0.2, 0) is 10.5 Å². The summed E-state index contributed by atoms with van der Waals surface area (Å²) in [5.74, 6) is 0.297. The Bertz CT molecular complexity index is 321. The molecule has 0 radical (unpaired) electrons. The first kappa shape index (κ1) is 13.0. The highest BCUT2D eigenvalue weighted by Gasteiger charge is 2.12. The van der Waals surface area contributed by atoms with E-state index in [1.807, 2.05) is 18.2 Å². The van der Waals surface area contributed by atoms with Crippen molar-refractivity contribution in [3.8, 4) is 0 Å². The summed E-state index contributed by atoms with van der Waals surface area (Å²) >= 11 is 1.56. The predicted octanol–water partition coefficient (Wildman–Crippen LogP) is 0.538. The molecule has 1 aromatic heterocycles. The lowest BCUT2D eigenvalue weighted by Gasteiger charge is -2.12. The average molecular weight is 241 g/mol. The van der Waals surface area contributed by atoms with E-state index in [0.29, 0.717) is 12.3 Å². The summed E-state index contributed by atoms with van der Waals surface area (Å²) in [5.41, 5.74) is 8.10. The standard InChI is InChI=1S/C10H15N3O2S/c11-6-9(5-10(14)13-15)16-7-8-3-1-2-4-12-8/h1-4,9,15H,5-7,11H2,(H,13,14). The van der Waals surface area contributed by atoms with Crippen LogP contribution in [0.25, 0.3) is 0 Å². The van der Waals surface area contributed by atoms with Crippen molar-refractivity contribution in [3.05, 3.63) is 30.1 Å². The fourth-order valence-electron chi connectivity index (χ4n) is 1.15. The Morgan fingerprint density at radius 3 is 3.00 bits per heavy atom. The Kier molecular flexibility index (Phi) is 5.84. The molecule has 1 rings (SSSR count). The van der Waals surface area contributed by atoms with Gasteiger partial charge in [-0.3, -0.25) is 15.0 Å². The molecule has 88 valence electrons. The van der Waals surface area contributed by atoms with Gasteiger partial charge in [-0.25, -0.2) is 5.48 Å². The number of hydrogen-bond acceptors (Lipinski definition) is 5. The van der Waals surface area contributed by atoms with Gasteiger partial charge in [-0.2, -0.15) is 11.8 Å². The zero-order chi connectivity index (χ0) is 11.8. The fourth-order valence-corrected chi connectivity index (χ4v) is 2.13. The molecule has 5 nitrogen and oxygen atoms in total. The molecule has 0 aliphatic heterocycles. The maximum atomic E-state index is 10.9. The summed E-state index contributed by atoms with van der Waals surface area (Å²) in [6.07, 6.45) is 1.94. The Morgan fingerprint density at radius 1 is 1.62 bits per heavy atom. The molecule has 0 fully saturated rings. The van der Waals surface area contributed by atoms with Crippen molar-refractivity contribution in [3.63, 3.8) is 0 Å². The summed E-state index contributed by atoms with van der Waals surface area (Å²) in [7, 11) is 0. The second kappa shape index (κ2) is 7.21. The number of hydroxylamine groups is 1. The van der Waals surface area contributed by atoms with Crippen LogP contribution in [0.5, 0.6) is 0 Å². The average Bonchev–Trinajstić information content (AvgIpc) is 2.35. The zero-order valence-corrected chi connectivity index (χ0v) is 9.61. The normalized spacial score (nSPS) is 12.1. The van der Waals surface area contributed by atoms with E-state index in [1.54, 1.807) is 23.4 Å². The molecule has 1 unspecified atom stereocenters. The molecule has 1 atom stereocenters. The number of hydrogen-bond donors (Lipinski definition) is 3. The fraction of sp³-hybridized carbons (Fsp3) is 0.400. The van der Waals surface area contributed by atoms with Crippen LogP contribution < -0.4 is 11.2 Å². The first-order chi connectivity index (χ1) is 7.76. The number of nitrogens with one attached hydrogen (secondary N) is 1. The molecule has 1 aromatic rings. The SMILES string of the molecule is NCC(CC(=O)NO)SCc1ccccn1. The number of rotatable bonds is 6. The van der Waals surface area contributed by atoms with E-state index in [0.717, 1.165) is 5.69 Å². The molecule has 0 aromatic carbocycles. The van der Waals surface area contributed by atoms with Crippen LogP contribution in [0.3, 0.4) is 0 Å². The minimum Gasteiger partial charge on any atom is -0.329 e. The summed E-state index contributed by atoms with van der Waals surface area (Å²) in [6.45, 7) is 0.394. The molecule has 0 aliphatic carbocycles. The van der Waals surface area contributed by atoms with Gasteiger partial charge in [-0.15, -0.1) is 0 Å². The zero-order valence-electron chi connectivity index (χ0n) is 8.80. The third-order valence-electron chi connectivity index (χ3n) is 1.99. The van der Waals surface area contributed by atoms with Crippen LogP contribution in [0.4, 0.5) is 0 Å². The topological polar surface area (TPSA) is 88.2 Å². The van der Waals surface area contributed by atoms with Crippen molar-refractivity contribution in [2.24, 2.45) is 5.73 Å². The van der Waals surface area contributed by atoms with Gasteiger partial charge in [0.1, 0.15) is 0 Å². The first-order valence-electron chi connectivity index (χ1n) is 4.90. The van der Waals surface area contributed by atoms with Crippen molar-refractivity contribution in [1.29, 1.82) is 0 Å². The van der Waals surface area contributed by atoms with Crippen LogP contribution in [0, 0.1) is 0 Å². The number of carbonyl (C=O) groups excluding carboxylic acids is 1. The van der Waals surface area contributed by atoms with Gasteiger partial charge in [-0.1, -0.05) is 6.07 Å². The highest BCUT2D eigenvalue weighted by atomic mass is 32.2. The number of thioether (sulfide) groups is 1. The van der Waals surface area contributed by atoms with Gasteiger partial charge >= 0.3 is 0 Å². The summed E-state index contributed by atoms with van der Waals surface area (Å²) < 4.78 is 0. The number of pyridine rings is 1. The van der Waals surface area contributed by atoms with Gasteiger partial charge in [-0.05, 0) is 12.1 Å². The van der Waals surface area contributed by atoms with Gasteiger partial charge in [0.2, 0.25) is 5.91 Å². The highest BCUT2D eigenvalue weighted by Crippen LogP contribution is 2.18. The number of carbonyl (C=O) groups is 1. The molecule has 16 heavy (non-hydrogen) atoms. The van der Waals surface area contributed by atoms with Crippen LogP contribution in [0.2, 0.25) is 0 Å². The Hall–Kier alpha value is -1.11. The number of aromatic nitrogens is 1. The van der Waals surface area contributed by atoms with Crippen molar-refractivity contribution >= 4 is 17.7 Å². The molecule has 0 aliphatic rings. The minimum atomic E-state index is -0.413. The molecule has 1 heterocycles. The lowest BCUT2D eigenvalue weighted by atomic mass is 10.3. The van der Waals surface area contributed by atoms with E-state index >= 15 is 0 Å². The lowest BCUT2D eigenvalue weighted by molar-refractivity contribution is -0.129. The Morgan fingerprint density at radius 2 is 2.44 bits per heavy atom. The van der Waals surface area contributed by atoms with E-state index in [1.165, 1.54) is 0 Å². The number of nitrogens with zero attached hydrogens (tertiary/aromatic N) is 1. The van der Waals surface area contributed by atoms with E-state index in [-0.39, 0.29) is 11.7 Å². The van der Waals surface area contributed by atoms with Gasteiger partial charge in [0.05, 0.1) is 5.69 Å². The van der Waals surface area contributed by atoms with Gasteiger partial charge in [0.15, 0.2) is 0 Å². The quantitative estimate of drug-likeness (QED) is 0.499. The number of nitrogens with two attached hydrogens (primary N) is 1. The Labute approximate surface area is 98.4 Å². The summed E-state index contributed by atoms with van der Waals surface area (Å²) in [5, 5.41) is 8.40. The Balaban J connectivity index is 2.37. The van der Waals surface area contributed by atoms with Crippen molar-refractivity contribution in [2.45, 2.75) is 17.4 Å². The molecule has 4 N–H and O–H groups in total. The van der Waals surface area contributed by atoms with E-state index < -0.39 is 5.91 Å². The first-order valence-corrected chi connectivity index (χ1v) is 5.95. The third-order valence-corrected chi connectivity index (χ3v) is 3.29. The van der Waals surface area contributed by atoms with E-state index in [9.17, 15) is 4.79 Å². The molecule has 0 spiro atoms. The largest absolute Gasteiger partial charge is 0.329 e. The van der Waals surface area contributed by atoms with Crippen molar-refractivity contribution < 1.29 is 10.0 Å². The molecular weight excluding hydrogens is 226 g/mol. The van der Waals surface area contributed by atoms with Gasteiger partial charge in [0, 0.05) is 30.2 Å². The van der Waals surface area contributed by atoms with Crippen molar-refractivity contribution in [1.82, 2.24) is 10.5 Å². The molecule has 0 saturated heterocycles. The lowest BCUT2D eigenvalue weighted by Crippen LogP contribution is -2.27. The summed E-state index contributed by atoms with van der Waals surface area (Å²) in [6, 6.07) is 5.70. The molecule has 0 saturated carbocycles.